The van der Waals surface area contributed by atoms with Gasteiger partial charge in [-0.25, -0.2) is 4.98 Å². The molecular formula is C11H3Cl6NO. The minimum absolute atomic E-state index is 0.0475. The smallest absolute Gasteiger partial charge is 0.137 e. The van der Waals surface area contributed by atoms with E-state index in [1.54, 1.807) is 0 Å². The SMILES string of the molecule is Oc1cnc(Cl)c(-c2c(Cl)c(Cl)c(Cl)c(Cl)c2Cl)c1. The third-order valence-corrected chi connectivity index (χ3v) is 4.88. The summed E-state index contributed by atoms with van der Waals surface area (Å²) in [5.41, 5.74) is 0.563. The van der Waals surface area contributed by atoms with Crippen molar-refractivity contribution in [2.24, 2.45) is 0 Å². The molecule has 19 heavy (non-hydrogen) atoms. The lowest BCUT2D eigenvalue weighted by Crippen LogP contribution is -1.89. The minimum Gasteiger partial charge on any atom is -0.506 e. The van der Waals surface area contributed by atoms with Crippen LogP contribution in [0.5, 0.6) is 5.75 Å². The van der Waals surface area contributed by atoms with Crippen LogP contribution in [0.3, 0.4) is 0 Å². The average molecular weight is 378 g/mol. The Morgan fingerprint density at radius 1 is 0.789 bits per heavy atom. The van der Waals surface area contributed by atoms with Gasteiger partial charge in [-0.1, -0.05) is 69.6 Å². The number of rotatable bonds is 1. The van der Waals surface area contributed by atoms with Crippen molar-refractivity contribution in [1.29, 1.82) is 0 Å². The molecule has 0 saturated carbocycles. The van der Waals surface area contributed by atoms with Gasteiger partial charge in [0.2, 0.25) is 0 Å². The predicted molar refractivity (Wildman–Crippen MR) is 81.4 cm³/mol. The molecule has 0 saturated heterocycles. The molecular weight excluding hydrogens is 375 g/mol. The van der Waals surface area contributed by atoms with Gasteiger partial charge in [0.25, 0.3) is 0 Å². The molecule has 2 nitrogen and oxygen atoms in total. The number of pyridine rings is 1. The molecule has 1 N–H and O–H groups in total. The monoisotopic (exact) mass is 375 g/mol. The van der Waals surface area contributed by atoms with Crippen molar-refractivity contribution in [2.45, 2.75) is 0 Å². The lowest BCUT2D eigenvalue weighted by atomic mass is 10.1. The topological polar surface area (TPSA) is 33.1 Å². The van der Waals surface area contributed by atoms with Crippen molar-refractivity contribution in [2.75, 3.05) is 0 Å². The molecule has 0 fully saturated rings. The fourth-order valence-electron chi connectivity index (χ4n) is 1.45. The Labute approximate surface area is 138 Å². The van der Waals surface area contributed by atoms with Gasteiger partial charge in [0, 0.05) is 11.1 Å². The number of nitrogens with zero attached hydrogens (tertiary/aromatic N) is 1. The first-order valence-electron chi connectivity index (χ1n) is 4.71. The maximum atomic E-state index is 9.47. The Hall–Kier alpha value is -0.0900. The Morgan fingerprint density at radius 2 is 1.26 bits per heavy atom. The van der Waals surface area contributed by atoms with Crippen LogP contribution in [0.2, 0.25) is 30.3 Å². The quantitative estimate of drug-likeness (QED) is 0.355. The maximum absolute atomic E-state index is 9.47. The molecule has 0 amide bonds. The fourth-order valence-corrected chi connectivity index (χ4v) is 2.99. The predicted octanol–water partition coefficient (Wildman–Crippen LogP) is 6.37. The molecule has 0 aliphatic rings. The van der Waals surface area contributed by atoms with E-state index in [9.17, 15) is 5.11 Å². The third-order valence-electron chi connectivity index (χ3n) is 2.30. The van der Waals surface area contributed by atoms with Crippen LogP contribution in [-0.2, 0) is 0 Å². The number of benzene rings is 1. The lowest BCUT2D eigenvalue weighted by Gasteiger charge is -2.13. The van der Waals surface area contributed by atoms with Crippen LogP contribution in [0.15, 0.2) is 12.3 Å². The van der Waals surface area contributed by atoms with Crippen LogP contribution in [0.25, 0.3) is 11.1 Å². The maximum Gasteiger partial charge on any atom is 0.137 e. The summed E-state index contributed by atoms with van der Waals surface area (Å²) in [7, 11) is 0. The van der Waals surface area contributed by atoms with Crippen LogP contribution in [-0.4, -0.2) is 10.1 Å². The molecule has 0 radical (unpaired) electrons. The second kappa shape index (κ2) is 5.72. The molecule has 8 heteroatoms. The van der Waals surface area contributed by atoms with Gasteiger partial charge in [0.05, 0.1) is 31.3 Å². The van der Waals surface area contributed by atoms with E-state index < -0.39 is 0 Å². The summed E-state index contributed by atoms with van der Waals surface area (Å²) in [5, 5.41) is 9.87. The first kappa shape index (κ1) is 15.3. The van der Waals surface area contributed by atoms with Gasteiger partial charge in [0.1, 0.15) is 10.9 Å². The molecule has 0 bridgehead atoms. The van der Waals surface area contributed by atoms with E-state index in [1.165, 1.54) is 12.3 Å². The normalized spacial score (nSPS) is 10.8. The fraction of sp³-hybridized carbons (Fsp3) is 0. The summed E-state index contributed by atoms with van der Waals surface area (Å²) in [6.45, 7) is 0. The number of hydrogen-bond acceptors (Lipinski definition) is 2. The Kier molecular flexibility index (Phi) is 4.61. The molecule has 0 spiro atoms. The Bertz CT molecular complexity index is 644. The van der Waals surface area contributed by atoms with Gasteiger partial charge >= 0.3 is 0 Å². The molecule has 0 aliphatic carbocycles. The van der Waals surface area contributed by atoms with Crippen LogP contribution in [0, 0.1) is 0 Å². The molecule has 100 valence electrons. The highest BCUT2D eigenvalue weighted by Gasteiger charge is 2.22. The summed E-state index contributed by atoms with van der Waals surface area (Å²) in [4.78, 5) is 3.80. The van der Waals surface area contributed by atoms with Gasteiger partial charge in [-0.3, -0.25) is 0 Å². The molecule has 0 unspecified atom stereocenters. The van der Waals surface area contributed by atoms with Crippen molar-refractivity contribution in [3.05, 3.63) is 42.5 Å². The molecule has 1 aromatic heterocycles. The summed E-state index contributed by atoms with van der Waals surface area (Å²) in [6.07, 6.45) is 1.19. The van der Waals surface area contributed by atoms with Gasteiger partial charge in [-0.2, -0.15) is 0 Å². The second-order valence-corrected chi connectivity index (χ2v) is 5.72. The number of halogens is 6. The molecule has 2 aromatic rings. The Morgan fingerprint density at radius 3 is 1.79 bits per heavy atom. The van der Waals surface area contributed by atoms with E-state index in [2.05, 4.69) is 4.98 Å². The van der Waals surface area contributed by atoms with Crippen molar-refractivity contribution >= 4 is 69.6 Å². The largest absolute Gasteiger partial charge is 0.506 e. The highest BCUT2D eigenvalue weighted by Crippen LogP contribution is 2.49. The van der Waals surface area contributed by atoms with E-state index in [1.807, 2.05) is 0 Å². The number of hydrogen-bond donors (Lipinski definition) is 1. The van der Waals surface area contributed by atoms with Crippen LogP contribution >= 0.6 is 69.6 Å². The zero-order chi connectivity index (χ0) is 14.3. The zero-order valence-corrected chi connectivity index (χ0v) is 13.4. The van der Waals surface area contributed by atoms with Crippen molar-refractivity contribution < 1.29 is 5.11 Å². The van der Waals surface area contributed by atoms with E-state index in [0.29, 0.717) is 5.56 Å². The summed E-state index contributed by atoms with van der Waals surface area (Å²) in [6, 6.07) is 1.35. The number of aromatic hydroxyl groups is 1. The van der Waals surface area contributed by atoms with Gasteiger partial charge in [0.15, 0.2) is 0 Å². The molecule has 1 aromatic carbocycles. The van der Waals surface area contributed by atoms with Crippen LogP contribution in [0.1, 0.15) is 0 Å². The number of aromatic nitrogens is 1. The highest BCUT2D eigenvalue weighted by molar-refractivity contribution is 6.56. The van der Waals surface area contributed by atoms with Crippen LogP contribution in [0.4, 0.5) is 0 Å². The Balaban J connectivity index is 2.87. The third kappa shape index (κ3) is 2.71. The van der Waals surface area contributed by atoms with E-state index >= 15 is 0 Å². The van der Waals surface area contributed by atoms with E-state index in [4.69, 9.17) is 69.6 Å². The molecule has 0 aliphatic heterocycles. The van der Waals surface area contributed by atoms with E-state index in [0.717, 1.165) is 0 Å². The van der Waals surface area contributed by atoms with Gasteiger partial charge in [-0.05, 0) is 6.07 Å². The molecule has 0 atom stereocenters. The molecule has 2 rings (SSSR count). The average Bonchev–Trinajstić information content (AvgIpc) is 2.38. The van der Waals surface area contributed by atoms with Gasteiger partial charge in [-0.15, -0.1) is 0 Å². The summed E-state index contributed by atoms with van der Waals surface area (Å²) in [5.74, 6) is -0.103. The van der Waals surface area contributed by atoms with Crippen molar-refractivity contribution in [3.8, 4) is 16.9 Å². The standard InChI is InChI=1S/C11H3Cl6NO/c12-6-5(4-1-3(19)2-18-11(4)17)7(13)9(15)10(16)8(6)14/h1-2,19H. The first-order chi connectivity index (χ1) is 8.84. The second-order valence-electron chi connectivity index (χ2n) is 3.48. The summed E-state index contributed by atoms with van der Waals surface area (Å²) >= 11 is 36.0. The first-order valence-corrected chi connectivity index (χ1v) is 6.97. The van der Waals surface area contributed by atoms with Crippen molar-refractivity contribution in [3.63, 3.8) is 0 Å². The van der Waals surface area contributed by atoms with Crippen molar-refractivity contribution in [1.82, 2.24) is 4.98 Å². The van der Waals surface area contributed by atoms with Gasteiger partial charge < -0.3 is 5.11 Å². The van der Waals surface area contributed by atoms with E-state index in [-0.39, 0.29) is 41.6 Å². The lowest BCUT2D eigenvalue weighted by molar-refractivity contribution is 0.473. The van der Waals surface area contributed by atoms with Crippen LogP contribution < -0.4 is 0 Å². The zero-order valence-electron chi connectivity index (χ0n) is 8.82. The minimum atomic E-state index is -0.103. The molecule has 1 heterocycles. The summed E-state index contributed by atoms with van der Waals surface area (Å²) < 4.78 is 0. The highest BCUT2D eigenvalue weighted by atomic mass is 35.5.